The summed E-state index contributed by atoms with van der Waals surface area (Å²) in [5.41, 5.74) is 0. The van der Waals surface area contributed by atoms with E-state index >= 15 is 0 Å². The van der Waals surface area contributed by atoms with E-state index in [4.69, 9.17) is 51.8 Å². The average Bonchev–Trinajstić information content (AvgIpc) is 3.19. The molecule has 11 nitrogen and oxygen atoms in total. The maximum atomic E-state index is 6.85. The highest BCUT2D eigenvalue weighted by Gasteiger charge is 2.50. The van der Waals surface area contributed by atoms with Crippen molar-refractivity contribution in [3.8, 4) is 0 Å². The van der Waals surface area contributed by atoms with E-state index in [-0.39, 0.29) is 5.04 Å². The number of benzene rings is 2. The van der Waals surface area contributed by atoms with Gasteiger partial charge in [-0.2, -0.15) is 0 Å². The van der Waals surface area contributed by atoms with Crippen molar-refractivity contribution in [2.45, 2.75) is 64.8 Å². The number of hydrogen-bond acceptors (Lipinski definition) is 11. The lowest BCUT2D eigenvalue weighted by atomic mass is 10.2. The predicted octanol–water partition coefficient (Wildman–Crippen LogP) is 5.70. The molecule has 0 spiro atoms. The Morgan fingerprint density at radius 2 is 0.618 bits per heavy atom. The van der Waals surface area contributed by atoms with E-state index in [1.54, 1.807) is 0 Å². The molecular formula is C43H74O11Si. The summed E-state index contributed by atoms with van der Waals surface area (Å²) < 4.78 is 62.7. The van der Waals surface area contributed by atoms with E-state index in [0.717, 1.165) is 13.0 Å². The summed E-state index contributed by atoms with van der Waals surface area (Å²) in [4.78, 5) is 0. The second-order valence-corrected chi connectivity index (χ2v) is 18.4. The van der Waals surface area contributed by atoms with Crippen LogP contribution in [-0.2, 0) is 51.8 Å². The van der Waals surface area contributed by atoms with Crippen molar-refractivity contribution in [3.63, 3.8) is 0 Å². The second-order valence-electron chi connectivity index (χ2n) is 14.0. The number of unbranched alkanes of at least 4 members (excludes halogenated alkanes) is 4. The Morgan fingerprint density at radius 1 is 0.345 bits per heavy atom. The Balaban J connectivity index is 1.29. The molecule has 0 amide bonds. The maximum Gasteiger partial charge on any atom is 0.261 e. The van der Waals surface area contributed by atoms with E-state index in [0.29, 0.717) is 132 Å². The Labute approximate surface area is 334 Å². The van der Waals surface area contributed by atoms with Crippen LogP contribution in [0.5, 0.6) is 0 Å². The zero-order valence-electron chi connectivity index (χ0n) is 34.6. The molecule has 0 aromatic heterocycles. The summed E-state index contributed by atoms with van der Waals surface area (Å²) in [7, 11) is -2.54. The first kappa shape index (κ1) is 49.4. The first-order valence-electron chi connectivity index (χ1n) is 20.5. The van der Waals surface area contributed by atoms with Gasteiger partial charge in [0.2, 0.25) is 0 Å². The summed E-state index contributed by atoms with van der Waals surface area (Å²) in [5.74, 6) is 0. The van der Waals surface area contributed by atoms with Crippen molar-refractivity contribution >= 4 is 18.7 Å². The molecular weight excluding hydrogens is 721 g/mol. The fourth-order valence-corrected chi connectivity index (χ4v) is 10.4. The van der Waals surface area contributed by atoms with E-state index in [1.165, 1.54) is 36.1 Å². The zero-order chi connectivity index (χ0) is 39.4. The molecule has 316 valence electrons. The third-order valence-electron chi connectivity index (χ3n) is 8.70. The number of rotatable bonds is 39. The molecule has 0 atom stereocenters. The number of hydrogen-bond donors (Lipinski definition) is 0. The molecule has 0 aliphatic rings. The van der Waals surface area contributed by atoms with Crippen LogP contribution in [0, 0.1) is 0 Å². The zero-order valence-corrected chi connectivity index (χ0v) is 35.6. The standard InChI is InChI=1S/C43H74O11Si/c1-5-6-7-8-15-20-44-21-22-45-23-24-46-25-26-47-27-28-48-29-30-49-31-32-50-33-34-51-35-36-52-37-38-53-39-40-54-55(43(2,3)4,41-16-11-9-12-17-41)42-18-13-10-14-19-42/h9-14,16-19H,5-8,15,20-40H2,1-4H3. The predicted molar refractivity (Wildman–Crippen MR) is 221 cm³/mol. The van der Waals surface area contributed by atoms with Gasteiger partial charge in [0.25, 0.3) is 8.32 Å². The van der Waals surface area contributed by atoms with Crippen molar-refractivity contribution in [1.82, 2.24) is 0 Å². The number of ether oxygens (including phenoxy) is 10. The fourth-order valence-electron chi connectivity index (χ4n) is 5.90. The van der Waals surface area contributed by atoms with Crippen molar-refractivity contribution in [1.29, 1.82) is 0 Å². The van der Waals surface area contributed by atoms with E-state index < -0.39 is 8.32 Å². The summed E-state index contributed by atoms with van der Waals surface area (Å²) in [6, 6.07) is 21.3. The van der Waals surface area contributed by atoms with Crippen molar-refractivity contribution in [3.05, 3.63) is 60.7 Å². The quantitative estimate of drug-likeness (QED) is 0.0616. The third kappa shape index (κ3) is 23.9. The molecule has 55 heavy (non-hydrogen) atoms. The van der Waals surface area contributed by atoms with Crippen molar-refractivity contribution in [2.75, 3.05) is 139 Å². The molecule has 0 aliphatic heterocycles. The topological polar surface area (TPSA) is 102 Å². The smallest absolute Gasteiger partial charge is 0.261 e. The molecule has 0 fully saturated rings. The third-order valence-corrected chi connectivity index (χ3v) is 13.7. The van der Waals surface area contributed by atoms with Gasteiger partial charge < -0.3 is 51.8 Å². The first-order chi connectivity index (χ1) is 27.0. The molecule has 0 radical (unpaired) electrons. The summed E-state index contributed by atoms with van der Waals surface area (Å²) in [5, 5.41) is 2.48. The lowest BCUT2D eigenvalue weighted by Crippen LogP contribution is -2.66. The Bertz CT molecular complexity index is 1050. The van der Waals surface area contributed by atoms with Gasteiger partial charge in [0.1, 0.15) is 0 Å². The Kier molecular flexibility index (Phi) is 30.8. The van der Waals surface area contributed by atoms with Crippen LogP contribution in [0.15, 0.2) is 60.7 Å². The molecule has 0 saturated carbocycles. The summed E-state index contributed by atoms with van der Waals surface area (Å²) in [6.45, 7) is 20.5. The minimum Gasteiger partial charge on any atom is -0.405 e. The van der Waals surface area contributed by atoms with Crippen LogP contribution < -0.4 is 10.4 Å². The van der Waals surface area contributed by atoms with Crippen LogP contribution in [0.3, 0.4) is 0 Å². The lowest BCUT2D eigenvalue weighted by Gasteiger charge is -2.43. The van der Waals surface area contributed by atoms with Gasteiger partial charge in [-0.25, -0.2) is 0 Å². The molecule has 12 heteroatoms. The van der Waals surface area contributed by atoms with Gasteiger partial charge in [0, 0.05) is 6.61 Å². The minimum absolute atomic E-state index is 0.0545. The highest BCUT2D eigenvalue weighted by Crippen LogP contribution is 2.36. The lowest BCUT2D eigenvalue weighted by molar-refractivity contribution is -0.0267. The molecule has 2 aromatic rings. The summed E-state index contributed by atoms with van der Waals surface area (Å²) in [6.07, 6.45) is 6.27. The normalized spacial score (nSPS) is 12.1. The molecule has 2 rings (SSSR count). The Morgan fingerprint density at radius 3 is 0.909 bits per heavy atom. The molecule has 0 saturated heterocycles. The van der Waals surface area contributed by atoms with Gasteiger partial charge in [-0.3, -0.25) is 0 Å². The first-order valence-corrected chi connectivity index (χ1v) is 22.5. The highest BCUT2D eigenvalue weighted by molar-refractivity contribution is 6.99. The summed E-state index contributed by atoms with van der Waals surface area (Å²) >= 11 is 0. The van der Waals surface area contributed by atoms with Crippen LogP contribution in [0.25, 0.3) is 0 Å². The maximum absolute atomic E-state index is 6.85. The molecule has 0 heterocycles. The van der Waals surface area contributed by atoms with Crippen molar-refractivity contribution < 1.29 is 51.8 Å². The Hall–Kier alpha value is -1.78. The fraction of sp³-hybridized carbons (Fsp3) is 0.721. The molecule has 0 N–H and O–H groups in total. The van der Waals surface area contributed by atoms with Crippen LogP contribution in [0.4, 0.5) is 0 Å². The van der Waals surface area contributed by atoms with Crippen LogP contribution in [-0.4, -0.2) is 147 Å². The van der Waals surface area contributed by atoms with Gasteiger partial charge in [-0.05, 0) is 21.8 Å². The second kappa shape index (κ2) is 34.3. The van der Waals surface area contributed by atoms with E-state index in [9.17, 15) is 0 Å². The van der Waals surface area contributed by atoms with Gasteiger partial charge in [-0.15, -0.1) is 0 Å². The van der Waals surface area contributed by atoms with Gasteiger partial charge >= 0.3 is 0 Å². The molecule has 2 aromatic carbocycles. The van der Waals surface area contributed by atoms with Crippen LogP contribution in [0.2, 0.25) is 5.04 Å². The SMILES string of the molecule is CCCCCCCOCCOCCOCCOCCOCCOCCOCCOCCOCCOCCO[Si](c1ccccc1)(c1ccccc1)C(C)(C)C. The average molecular weight is 795 g/mol. The largest absolute Gasteiger partial charge is 0.405 e. The van der Waals surface area contributed by atoms with Gasteiger partial charge in [-0.1, -0.05) is 114 Å². The van der Waals surface area contributed by atoms with Gasteiger partial charge in [0.05, 0.1) is 132 Å². The van der Waals surface area contributed by atoms with E-state index in [2.05, 4.69) is 88.4 Å². The monoisotopic (exact) mass is 795 g/mol. The molecule has 0 unspecified atom stereocenters. The minimum atomic E-state index is -2.54. The van der Waals surface area contributed by atoms with Crippen LogP contribution >= 0.6 is 0 Å². The van der Waals surface area contributed by atoms with Gasteiger partial charge in [0.15, 0.2) is 0 Å². The van der Waals surface area contributed by atoms with Crippen molar-refractivity contribution in [2.24, 2.45) is 0 Å². The molecule has 0 aliphatic carbocycles. The van der Waals surface area contributed by atoms with Crippen LogP contribution in [0.1, 0.15) is 59.8 Å². The van der Waals surface area contributed by atoms with E-state index in [1.807, 2.05) is 0 Å². The highest BCUT2D eigenvalue weighted by atomic mass is 28.4. The molecule has 0 bridgehead atoms.